The first-order chi connectivity index (χ1) is 12.0. The van der Waals surface area contributed by atoms with Crippen LogP contribution in [0.5, 0.6) is 0 Å². The lowest BCUT2D eigenvalue weighted by atomic mass is 10.1. The summed E-state index contributed by atoms with van der Waals surface area (Å²) < 4.78 is 5.57. The van der Waals surface area contributed by atoms with E-state index in [9.17, 15) is 14.4 Å². The van der Waals surface area contributed by atoms with Crippen LogP contribution < -0.4 is 5.32 Å². The van der Waals surface area contributed by atoms with Gasteiger partial charge in [-0.2, -0.15) is 0 Å². The molecule has 0 spiro atoms. The molecule has 2 N–H and O–H groups in total. The number of ether oxygens (including phenoxy) is 1. The quantitative estimate of drug-likeness (QED) is 0.741. The van der Waals surface area contributed by atoms with E-state index in [2.05, 4.69) is 5.32 Å². The van der Waals surface area contributed by atoms with Gasteiger partial charge in [0.1, 0.15) is 0 Å². The van der Waals surface area contributed by atoms with Crippen LogP contribution >= 0.6 is 0 Å². The van der Waals surface area contributed by atoms with E-state index in [1.165, 1.54) is 6.92 Å². The van der Waals surface area contributed by atoms with Crippen molar-refractivity contribution < 1.29 is 24.2 Å². The number of benzene rings is 1. The molecule has 2 rings (SSSR count). The number of amides is 2. The maximum absolute atomic E-state index is 12.7. The van der Waals surface area contributed by atoms with E-state index in [4.69, 9.17) is 9.84 Å². The zero-order chi connectivity index (χ0) is 18.2. The molecule has 1 aromatic rings. The molecule has 2 amide bonds. The van der Waals surface area contributed by atoms with Crippen molar-refractivity contribution >= 4 is 17.8 Å². The second kappa shape index (κ2) is 9.17. The molecule has 0 radical (unpaired) electrons. The average molecular weight is 348 g/mol. The highest BCUT2D eigenvalue weighted by Crippen LogP contribution is 2.16. The molecule has 1 heterocycles. The normalized spacial score (nSPS) is 16.4. The van der Waals surface area contributed by atoms with Crippen LogP contribution in [0, 0.1) is 0 Å². The van der Waals surface area contributed by atoms with Crippen LogP contribution in [0.4, 0.5) is 0 Å². The molecule has 136 valence electrons. The van der Waals surface area contributed by atoms with Crippen LogP contribution in [0.15, 0.2) is 24.3 Å². The molecule has 7 heteroatoms. The van der Waals surface area contributed by atoms with Crippen LogP contribution in [-0.2, 0) is 20.9 Å². The SMILES string of the molecule is CC(=O)NCc1ccc(C(=O)N(CCC(=O)O)C[C@@H]2CCCO2)cc1. The third-order valence-corrected chi connectivity index (χ3v) is 4.07. The van der Waals surface area contributed by atoms with Gasteiger partial charge in [0.2, 0.25) is 5.91 Å². The Kier molecular flexibility index (Phi) is 6.94. The lowest BCUT2D eigenvalue weighted by Gasteiger charge is -2.25. The first-order valence-corrected chi connectivity index (χ1v) is 8.41. The summed E-state index contributed by atoms with van der Waals surface area (Å²) in [5.41, 5.74) is 1.39. The number of aliphatic carboxylic acids is 1. The molecule has 0 unspecified atom stereocenters. The second-order valence-corrected chi connectivity index (χ2v) is 6.14. The van der Waals surface area contributed by atoms with Gasteiger partial charge in [0, 0.05) is 38.7 Å². The minimum Gasteiger partial charge on any atom is -0.481 e. The van der Waals surface area contributed by atoms with Gasteiger partial charge >= 0.3 is 5.97 Å². The number of hydrogen-bond acceptors (Lipinski definition) is 4. The molecule has 0 aliphatic carbocycles. The van der Waals surface area contributed by atoms with Gasteiger partial charge in [-0.05, 0) is 30.5 Å². The van der Waals surface area contributed by atoms with Gasteiger partial charge < -0.3 is 20.1 Å². The van der Waals surface area contributed by atoms with Crippen LogP contribution in [0.2, 0.25) is 0 Å². The summed E-state index contributed by atoms with van der Waals surface area (Å²) in [6, 6.07) is 6.96. The lowest BCUT2D eigenvalue weighted by Crippen LogP contribution is -2.38. The molecule has 0 aromatic heterocycles. The third-order valence-electron chi connectivity index (χ3n) is 4.07. The fraction of sp³-hybridized carbons (Fsp3) is 0.500. The first-order valence-electron chi connectivity index (χ1n) is 8.41. The van der Waals surface area contributed by atoms with Gasteiger partial charge in [0.15, 0.2) is 0 Å². The van der Waals surface area contributed by atoms with Crippen molar-refractivity contribution in [3.05, 3.63) is 35.4 Å². The Morgan fingerprint density at radius 1 is 1.28 bits per heavy atom. The molecule has 1 fully saturated rings. The Balaban J connectivity index is 2.02. The van der Waals surface area contributed by atoms with Crippen molar-refractivity contribution in [2.75, 3.05) is 19.7 Å². The Bertz CT molecular complexity index is 608. The zero-order valence-corrected chi connectivity index (χ0v) is 14.4. The highest BCUT2D eigenvalue weighted by atomic mass is 16.5. The molecular weight excluding hydrogens is 324 g/mol. The Hall–Kier alpha value is -2.41. The van der Waals surface area contributed by atoms with Crippen LogP contribution in [-0.4, -0.2) is 53.6 Å². The molecule has 1 atom stereocenters. The summed E-state index contributed by atoms with van der Waals surface area (Å²) in [7, 11) is 0. The van der Waals surface area contributed by atoms with E-state index in [0.717, 1.165) is 18.4 Å². The molecule has 7 nitrogen and oxygen atoms in total. The standard InChI is InChI=1S/C18H24N2O5/c1-13(21)19-11-14-4-6-15(7-5-14)18(24)20(9-8-17(22)23)12-16-3-2-10-25-16/h4-7,16H,2-3,8-12H2,1H3,(H,19,21)(H,22,23)/t16-/m0/s1. The number of nitrogens with zero attached hydrogens (tertiary/aromatic N) is 1. The van der Waals surface area contributed by atoms with E-state index in [0.29, 0.717) is 25.3 Å². The van der Waals surface area contributed by atoms with E-state index >= 15 is 0 Å². The third kappa shape index (κ3) is 6.19. The van der Waals surface area contributed by atoms with Gasteiger partial charge in [-0.3, -0.25) is 14.4 Å². The summed E-state index contributed by atoms with van der Waals surface area (Å²) in [5.74, 6) is -1.25. The number of nitrogens with one attached hydrogen (secondary N) is 1. The van der Waals surface area contributed by atoms with Gasteiger partial charge in [0.25, 0.3) is 5.91 Å². The summed E-state index contributed by atoms with van der Waals surface area (Å²) >= 11 is 0. The first kappa shape index (κ1) is 18.9. The average Bonchev–Trinajstić information content (AvgIpc) is 3.09. The zero-order valence-electron chi connectivity index (χ0n) is 14.4. The summed E-state index contributed by atoms with van der Waals surface area (Å²) in [4.78, 5) is 36.1. The molecule has 1 aliphatic heterocycles. The van der Waals surface area contributed by atoms with Gasteiger partial charge in [0.05, 0.1) is 12.5 Å². The summed E-state index contributed by atoms with van der Waals surface area (Å²) in [6.07, 6.45) is 1.71. The predicted molar refractivity (Wildman–Crippen MR) is 91.1 cm³/mol. The monoisotopic (exact) mass is 348 g/mol. The minimum absolute atomic E-state index is 0.0308. The number of carbonyl (C=O) groups is 3. The number of rotatable bonds is 8. The molecule has 1 saturated heterocycles. The Morgan fingerprint density at radius 2 is 2.00 bits per heavy atom. The number of hydrogen-bond donors (Lipinski definition) is 2. The van der Waals surface area contributed by atoms with Crippen molar-refractivity contribution in [1.29, 1.82) is 0 Å². The number of carbonyl (C=O) groups excluding carboxylic acids is 2. The predicted octanol–water partition coefficient (Wildman–Crippen LogP) is 1.42. The maximum atomic E-state index is 12.7. The number of carboxylic acid groups (broad SMARTS) is 1. The maximum Gasteiger partial charge on any atom is 0.305 e. The minimum atomic E-state index is -0.934. The second-order valence-electron chi connectivity index (χ2n) is 6.14. The summed E-state index contributed by atoms with van der Waals surface area (Å²) in [6.45, 7) is 3.09. The fourth-order valence-electron chi connectivity index (χ4n) is 2.71. The van der Waals surface area contributed by atoms with E-state index in [1.807, 2.05) is 0 Å². The van der Waals surface area contributed by atoms with Crippen molar-refractivity contribution in [3.63, 3.8) is 0 Å². The van der Waals surface area contributed by atoms with E-state index in [1.54, 1.807) is 29.2 Å². The molecule has 1 aliphatic rings. The molecule has 0 bridgehead atoms. The highest BCUT2D eigenvalue weighted by molar-refractivity contribution is 5.94. The van der Waals surface area contributed by atoms with Crippen molar-refractivity contribution in [2.45, 2.75) is 38.8 Å². The van der Waals surface area contributed by atoms with Gasteiger partial charge in [-0.25, -0.2) is 0 Å². The fourth-order valence-corrected chi connectivity index (χ4v) is 2.71. The Morgan fingerprint density at radius 3 is 2.56 bits per heavy atom. The van der Waals surface area contributed by atoms with Crippen molar-refractivity contribution in [3.8, 4) is 0 Å². The van der Waals surface area contributed by atoms with E-state index < -0.39 is 5.97 Å². The smallest absolute Gasteiger partial charge is 0.305 e. The number of carboxylic acids is 1. The van der Waals surface area contributed by atoms with E-state index in [-0.39, 0.29) is 30.9 Å². The molecule has 25 heavy (non-hydrogen) atoms. The van der Waals surface area contributed by atoms with Gasteiger partial charge in [-0.15, -0.1) is 0 Å². The lowest BCUT2D eigenvalue weighted by molar-refractivity contribution is -0.137. The Labute approximate surface area is 147 Å². The highest BCUT2D eigenvalue weighted by Gasteiger charge is 2.23. The van der Waals surface area contributed by atoms with Crippen molar-refractivity contribution in [2.24, 2.45) is 0 Å². The topological polar surface area (TPSA) is 95.9 Å². The van der Waals surface area contributed by atoms with Gasteiger partial charge in [-0.1, -0.05) is 12.1 Å². The van der Waals surface area contributed by atoms with Crippen LogP contribution in [0.1, 0.15) is 42.1 Å². The molecule has 1 aromatic carbocycles. The van der Waals surface area contributed by atoms with Crippen LogP contribution in [0.3, 0.4) is 0 Å². The van der Waals surface area contributed by atoms with Crippen molar-refractivity contribution in [1.82, 2.24) is 10.2 Å². The molecule has 0 saturated carbocycles. The summed E-state index contributed by atoms with van der Waals surface area (Å²) in [5, 5.41) is 11.6. The largest absolute Gasteiger partial charge is 0.481 e. The van der Waals surface area contributed by atoms with Crippen LogP contribution in [0.25, 0.3) is 0 Å². The molecular formula is C18H24N2O5.